The van der Waals surface area contributed by atoms with Crippen LogP contribution in [0.3, 0.4) is 0 Å². The first-order valence-electron chi connectivity index (χ1n) is 7.13. The monoisotopic (exact) mass is 285 g/mol. The smallest absolute Gasteiger partial charge is 0.305 e. The number of carboxylic acid groups (broad SMARTS) is 1. The molecule has 2 rings (SSSR count). The largest absolute Gasteiger partial charge is 0.481 e. The van der Waals surface area contributed by atoms with E-state index in [0.29, 0.717) is 6.42 Å². The SMILES string of the molecule is CCCC(=O)N(CCC(=O)O)c1cccc2ccccc12. The quantitative estimate of drug-likeness (QED) is 0.884. The Bertz CT molecular complexity index is 646. The molecule has 1 amide bonds. The van der Waals surface area contributed by atoms with Crippen LogP contribution in [0, 0.1) is 0 Å². The zero-order valence-electron chi connectivity index (χ0n) is 12.1. The van der Waals surface area contributed by atoms with Gasteiger partial charge in [-0.1, -0.05) is 43.3 Å². The number of carbonyl (C=O) groups excluding carboxylic acids is 1. The van der Waals surface area contributed by atoms with Crippen LogP contribution < -0.4 is 4.90 Å². The fraction of sp³-hybridized carbons (Fsp3) is 0.294. The highest BCUT2D eigenvalue weighted by atomic mass is 16.4. The first-order chi connectivity index (χ1) is 10.1. The van der Waals surface area contributed by atoms with Crippen LogP contribution in [0.2, 0.25) is 0 Å². The topological polar surface area (TPSA) is 57.6 Å². The highest BCUT2D eigenvalue weighted by Crippen LogP contribution is 2.27. The standard InChI is InChI=1S/C17H19NO3/c1-2-6-16(19)18(12-11-17(20)21)15-10-5-8-13-7-3-4-9-14(13)15/h3-5,7-10H,2,6,11-12H2,1H3,(H,20,21). The molecule has 110 valence electrons. The number of aliphatic carboxylic acids is 1. The molecule has 0 saturated carbocycles. The Morgan fingerprint density at radius 2 is 1.76 bits per heavy atom. The van der Waals surface area contributed by atoms with Gasteiger partial charge in [-0.15, -0.1) is 0 Å². The van der Waals surface area contributed by atoms with Crippen molar-refractivity contribution in [1.82, 2.24) is 0 Å². The Labute approximate surface area is 124 Å². The van der Waals surface area contributed by atoms with Gasteiger partial charge < -0.3 is 10.0 Å². The van der Waals surface area contributed by atoms with Crippen molar-refractivity contribution in [1.29, 1.82) is 0 Å². The van der Waals surface area contributed by atoms with Crippen molar-refractivity contribution < 1.29 is 14.7 Å². The van der Waals surface area contributed by atoms with Crippen LogP contribution in [-0.2, 0) is 9.59 Å². The first-order valence-corrected chi connectivity index (χ1v) is 7.13. The van der Waals surface area contributed by atoms with Gasteiger partial charge >= 0.3 is 5.97 Å². The lowest BCUT2D eigenvalue weighted by atomic mass is 10.1. The number of hydrogen-bond donors (Lipinski definition) is 1. The molecule has 0 atom stereocenters. The van der Waals surface area contributed by atoms with Crippen LogP contribution in [0.1, 0.15) is 26.2 Å². The van der Waals surface area contributed by atoms with Crippen LogP contribution in [0.15, 0.2) is 42.5 Å². The predicted molar refractivity (Wildman–Crippen MR) is 83.5 cm³/mol. The fourth-order valence-electron chi connectivity index (χ4n) is 2.38. The van der Waals surface area contributed by atoms with E-state index in [2.05, 4.69) is 0 Å². The summed E-state index contributed by atoms with van der Waals surface area (Å²) in [7, 11) is 0. The van der Waals surface area contributed by atoms with Crippen molar-refractivity contribution in [3.8, 4) is 0 Å². The van der Waals surface area contributed by atoms with E-state index in [1.807, 2.05) is 49.4 Å². The zero-order valence-corrected chi connectivity index (χ0v) is 12.1. The highest BCUT2D eigenvalue weighted by Gasteiger charge is 2.18. The second-order valence-electron chi connectivity index (χ2n) is 4.94. The lowest BCUT2D eigenvalue weighted by Crippen LogP contribution is -2.32. The molecule has 0 saturated heterocycles. The Balaban J connectivity index is 2.42. The maximum Gasteiger partial charge on any atom is 0.305 e. The normalized spacial score (nSPS) is 10.5. The summed E-state index contributed by atoms with van der Waals surface area (Å²) in [6, 6.07) is 13.6. The van der Waals surface area contributed by atoms with Gasteiger partial charge in [0.25, 0.3) is 0 Å². The number of fused-ring (bicyclic) bond motifs is 1. The minimum Gasteiger partial charge on any atom is -0.481 e. The lowest BCUT2D eigenvalue weighted by Gasteiger charge is -2.23. The van der Waals surface area contributed by atoms with Crippen molar-refractivity contribution in [2.45, 2.75) is 26.2 Å². The molecule has 0 fully saturated rings. The second-order valence-corrected chi connectivity index (χ2v) is 4.94. The number of nitrogens with zero attached hydrogens (tertiary/aromatic N) is 1. The van der Waals surface area contributed by atoms with Gasteiger partial charge in [0, 0.05) is 18.4 Å². The van der Waals surface area contributed by atoms with Crippen LogP contribution in [-0.4, -0.2) is 23.5 Å². The molecule has 21 heavy (non-hydrogen) atoms. The van der Waals surface area contributed by atoms with Crippen LogP contribution >= 0.6 is 0 Å². The van der Waals surface area contributed by atoms with Crippen molar-refractivity contribution in [2.24, 2.45) is 0 Å². The summed E-state index contributed by atoms with van der Waals surface area (Å²) in [5, 5.41) is 10.9. The summed E-state index contributed by atoms with van der Waals surface area (Å²) in [6.45, 7) is 2.14. The van der Waals surface area contributed by atoms with E-state index in [4.69, 9.17) is 5.11 Å². The van der Waals surface area contributed by atoms with Crippen LogP contribution in [0.5, 0.6) is 0 Å². The number of rotatable bonds is 6. The van der Waals surface area contributed by atoms with Gasteiger partial charge in [-0.3, -0.25) is 9.59 Å². The molecule has 2 aromatic rings. The molecule has 0 heterocycles. The van der Waals surface area contributed by atoms with E-state index in [9.17, 15) is 9.59 Å². The summed E-state index contributed by atoms with van der Waals surface area (Å²) in [4.78, 5) is 24.8. The number of carbonyl (C=O) groups is 2. The van der Waals surface area contributed by atoms with E-state index >= 15 is 0 Å². The van der Waals surface area contributed by atoms with E-state index < -0.39 is 5.97 Å². The van der Waals surface area contributed by atoms with E-state index in [1.165, 1.54) is 0 Å². The number of amides is 1. The molecule has 0 radical (unpaired) electrons. The summed E-state index contributed by atoms with van der Waals surface area (Å²) >= 11 is 0. The van der Waals surface area contributed by atoms with Gasteiger partial charge in [0.2, 0.25) is 5.91 Å². The average Bonchev–Trinajstić information content (AvgIpc) is 2.47. The minimum absolute atomic E-state index is 0.0323. The van der Waals surface area contributed by atoms with E-state index in [0.717, 1.165) is 22.9 Å². The molecule has 0 aromatic heterocycles. The van der Waals surface area contributed by atoms with Gasteiger partial charge in [-0.25, -0.2) is 0 Å². The lowest BCUT2D eigenvalue weighted by molar-refractivity contribution is -0.136. The minimum atomic E-state index is -0.899. The third-order valence-corrected chi connectivity index (χ3v) is 3.37. The molecular weight excluding hydrogens is 266 g/mol. The maximum absolute atomic E-state index is 12.3. The number of benzene rings is 2. The average molecular weight is 285 g/mol. The zero-order chi connectivity index (χ0) is 15.2. The third kappa shape index (κ3) is 3.60. The summed E-state index contributed by atoms with van der Waals surface area (Å²) in [5.74, 6) is -0.931. The first kappa shape index (κ1) is 15.0. The Kier molecular flexibility index (Phi) is 4.93. The predicted octanol–water partition coefficient (Wildman–Crippen LogP) is 3.45. The molecule has 4 nitrogen and oxygen atoms in total. The van der Waals surface area contributed by atoms with Crippen molar-refractivity contribution in [2.75, 3.05) is 11.4 Å². The highest BCUT2D eigenvalue weighted by molar-refractivity contribution is 6.03. The Hall–Kier alpha value is -2.36. The third-order valence-electron chi connectivity index (χ3n) is 3.37. The van der Waals surface area contributed by atoms with Gasteiger partial charge in [0.05, 0.1) is 12.1 Å². The number of anilines is 1. The van der Waals surface area contributed by atoms with Gasteiger partial charge in [-0.05, 0) is 17.9 Å². The molecule has 2 aromatic carbocycles. The van der Waals surface area contributed by atoms with Crippen molar-refractivity contribution >= 4 is 28.3 Å². The number of hydrogen-bond acceptors (Lipinski definition) is 2. The molecule has 0 aliphatic carbocycles. The van der Waals surface area contributed by atoms with Gasteiger partial charge in [0.1, 0.15) is 0 Å². The van der Waals surface area contributed by atoms with Gasteiger partial charge in [-0.2, -0.15) is 0 Å². The molecule has 0 spiro atoms. The molecule has 0 aliphatic rings. The molecule has 0 unspecified atom stereocenters. The van der Waals surface area contributed by atoms with Crippen molar-refractivity contribution in [3.63, 3.8) is 0 Å². The van der Waals surface area contributed by atoms with Crippen molar-refractivity contribution in [3.05, 3.63) is 42.5 Å². The molecule has 1 N–H and O–H groups in total. The number of carboxylic acids is 1. The molecular formula is C17H19NO3. The summed E-state index contributed by atoms with van der Waals surface area (Å²) < 4.78 is 0. The molecule has 4 heteroatoms. The summed E-state index contributed by atoms with van der Waals surface area (Å²) in [5.41, 5.74) is 0.785. The Morgan fingerprint density at radius 3 is 2.48 bits per heavy atom. The summed E-state index contributed by atoms with van der Waals surface area (Å²) in [6.07, 6.45) is 1.11. The van der Waals surface area contributed by atoms with E-state index in [1.54, 1.807) is 4.90 Å². The van der Waals surface area contributed by atoms with Crippen LogP contribution in [0.4, 0.5) is 5.69 Å². The van der Waals surface area contributed by atoms with Crippen LogP contribution in [0.25, 0.3) is 10.8 Å². The maximum atomic E-state index is 12.3. The Morgan fingerprint density at radius 1 is 1.05 bits per heavy atom. The van der Waals surface area contributed by atoms with Gasteiger partial charge in [0.15, 0.2) is 0 Å². The van der Waals surface area contributed by atoms with E-state index in [-0.39, 0.29) is 18.9 Å². The molecule has 0 bridgehead atoms. The fourth-order valence-corrected chi connectivity index (χ4v) is 2.38. The molecule has 0 aliphatic heterocycles. The second kappa shape index (κ2) is 6.88.